The summed E-state index contributed by atoms with van der Waals surface area (Å²) in [5.74, 6) is 1.61. The molecule has 0 saturated heterocycles. The molecular formula is C19H17ClF3N7O2. The van der Waals surface area contributed by atoms with Gasteiger partial charge in [-0.1, -0.05) is 6.07 Å². The molecule has 9 nitrogen and oxygen atoms in total. The number of alkyl halides is 3. The third-order valence-corrected chi connectivity index (χ3v) is 4.08. The highest BCUT2D eigenvalue weighted by Gasteiger charge is 2.30. The van der Waals surface area contributed by atoms with Crippen molar-refractivity contribution in [1.29, 1.82) is 0 Å². The van der Waals surface area contributed by atoms with Gasteiger partial charge in [0.15, 0.2) is 11.5 Å². The van der Waals surface area contributed by atoms with Crippen LogP contribution in [0.15, 0.2) is 47.6 Å². The van der Waals surface area contributed by atoms with Crippen LogP contribution in [0.2, 0.25) is 0 Å². The van der Waals surface area contributed by atoms with Crippen molar-refractivity contribution in [3.05, 3.63) is 53.6 Å². The van der Waals surface area contributed by atoms with Crippen LogP contribution in [0.4, 0.5) is 36.7 Å². The number of hydrogen-bond acceptors (Lipinski definition) is 9. The van der Waals surface area contributed by atoms with Gasteiger partial charge in [-0.15, -0.1) is 12.4 Å². The minimum absolute atomic E-state index is 0. The van der Waals surface area contributed by atoms with Gasteiger partial charge in [-0.2, -0.15) is 33.2 Å². The van der Waals surface area contributed by atoms with Crippen molar-refractivity contribution in [3.8, 4) is 11.5 Å². The summed E-state index contributed by atoms with van der Waals surface area (Å²) in [6.45, 7) is 0.174. The summed E-state index contributed by atoms with van der Waals surface area (Å²) in [5.41, 5.74) is 2.82. The zero-order valence-corrected chi connectivity index (χ0v) is 17.3. The summed E-state index contributed by atoms with van der Waals surface area (Å²) in [6, 6.07) is 10.0. The molecule has 4 rings (SSSR count). The highest BCUT2D eigenvalue weighted by atomic mass is 35.5. The van der Waals surface area contributed by atoms with Crippen LogP contribution in [-0.4, -0.2) is 35.0 Å². The number of hydrogen-bond donors (Lipinski definition) is 3. The number of fused-ring (bicyclic) bond motifs is 1. The molecule has 0 aliphatic carbocycles. The van der Waals surface area contributed by atoms with E-state index in [4.69, 9.17) is 9.47 Å². The highest BCUT2D eigenvalue weighted by molar-refractivity contribution is 5.85. The largest absolute Gasteiger partial charge is 0.454 e. The van der Waals surface area contributed by atoms with Crippen molar-refractivity contribution in [2.45, 2.75) is 6.18 Å². The predicted molar refractivity (Wildman–Crippen MR) is 115 cm³/mol. The van der Waals surface area contributed by atoms with Crippen molar-refractivity contribution in [2.75, 3.05) is 29.9 Å². The molecule has 0 fully saturated rings. The van der Waals surface area contributed by atoms with Crippen LogP contribution in [0.25, 0.3) is 0 Å². The van der Waals surface area contributed by atoms with E-state index in [1.165, 1.54) is 18.3 Å². The molecule has 168 valence electrons. The highest BCUT2D eigenvalue weighted by Crippen LogP contribution is 2.32. The standard InChI is InChI=1S/C19H16F3N7O2.ClH/c1-23-16-26-17(25-13-4-2-3-12(8-13)19(20,21)22)28-18(27-16)29-24-9-11-5-6-14-15(7-11)31-10-30-14;/h2-9H,10H2,1H3,(H3,23,25,26,27,28,29);1H. The first-order valence-corrected chi connectivity index (χ1v) is 8.97. The topological polar surface area (TPSA) is 106 Å². The van der Waals surface area contributed by atoms with Crippen LogP contribution < -0.4 is 25.5 Å². The van der Waals surface area contributed by atoms with E-state index in [9.17, 15) is 13.2 Å². The molecule has 13 heteroatoms. The summed E-state index contributed by atoms with van der Waals surface area (Å²) in [4.78, 5) is 12.3. The van der Waals surface area contributed by atoms with Crippen LogP contribution >= 0.6 is 12.4 Å². The lowest BCUT2D eigenvalue weighted by Crippen LogP contribution is -2.08. The van der Waals surface area contributed by atoms with Gasteiger partial charge in [0.25, 0.3) is 0 Å². The Bertz CT molecular complexity index is 1130. The minimum Gasteiger partial charge on any atom is -0.454 e. The summed E-state index contributed by atoms with van der Waals surface area (Å²) >= 11 is 0. The van der Waals surface area contributed by atoms with Crippen LogP contribution in [0, 0.1) is 0 Å². The number of rotatable bonds is 6. The average Bonchev–Trinajstić information content (AvgIpc) is 3.21. The van der Waals surface area contributed by atoms with Crippen molar-refractivity contribution >= 4 is 42.2 Å². The average molecular weight is 468 g/mol. The molecule has 1 aromatic heterocycles. The second kappa shape index (κ2) is 9.56. The van der Waals surface area contributed by atoms with E-state index >= 15 is 0 Å². The Labute approximate surface area is 186 Å². The number of hydrazone groups is 1. The molecule has 0 atom stereocenters. The normalized spacial score (nSPS) is 12.4. The fraction of sp³-hybridized carbons (Fsp3) is 0.158. The smallest absolute Gasteiger partial charge is 0.416 e. The van der Waals surface area contributed by atoms with Gasteiger partial charge in [-0.3, -0.25) is 0 Å². The Balaban J connectivity index is 0.00000289. The summed E-state index contributed by atoms with van der Waals surface area (Å²) < 4.78 is 49.3. The molecule has 2 heterocycles. The van der Waals surface area contributed by atoms with Gasteiger partial charge in [0.05, 0.1) is 11.8 Å². The molecular weight excluding hydrogens is 451 g/mol. The van der Waals surface area contributed by atoms with Gasteiger partial charge in [0, 0.05) is 12.7 Å². The molecule has 0 unspecified atom stereocenters. The molecule has 3 N–H and O–H groups in total. The number of benzene rings is 2. The van der Waals surface area contributed by atoms with Crippen LogP contribution in [0.3, 0.4) is 0 Å². The number of ether oxygens (including phenoxy) is 2. The van der Waals surface area contributed by atoms with E-state index in [1.807, 2.05) is 0 Å². The van der Waals surface area contributed by atoms with Crippen molar-refractivity contribution in [3.63, 3.8) is 0 Å². The predicted octanol–water partition coefficient (Wildman–Crippen LogP) is 4.27. The SMILES string of the molecule is CNc1nc(NN=Cc2ccc3c(c2)OCO3)nc(Nc2cccc(C(F)(F)F)c2)n1.Cl. The molecule has 0 bridgehead atoms. The Morgan fingerprint density at radius 3 is 2.50 bits per heavy atom. The first kappa shape index (κ1) is 22.9. The molecule has 3 aromatic rings. The molecule has 32 heavy (non-hydrogen) atoms. The zero-order chi connectivity index (χ0) is 21.8. The maximum atomic E-state index is 12.9. The number of halogens is 4. The van der Waals surface area contributed by atoms with Gasteiger partial charge in [-0.05, 0) is 42.0 Å². The minimum atomic E-state index is -4.46. The number of nitrogens with one attached hydrogen (secondary N) is 3. The lowest BCUT2D eigenvalue weighted by molar-refractivity contribution is -0.137. The fourth-order valence-electron chi connectivity index (χ4n) is 2.65. The summed E-state index contributed by atoms with van der Waals surface area (Å²) in [7, 11) is 1.60. The zero-order valence-electron chi connectivity index (χ0n) is 16.5. The van der Waals surface area contributed by atoms with E-state index in [1.54, 1.807) is 25.2 Å². The molecule has 0 spiro atoms. The van der Waals surface area contributed by atoms with Gasteiger partial charge in [-0.25, -0.2) is 5.43 Å². The second-order valence-electron chi connectivity index (χ2n) is 6.24. The second-order valence-corrected chi connectivity index (χ2v) is 6.24. The van der Waals surface area contributed by atoms with E-state index < -0.39 is 11.7 Å². The third kappa shape index (κ3) is 5.46. The fourth-order valence-corrected chi connectivity index (χ4v) is 2.65. The third-order valence-electron chi connectivity index (χ3n) is 4.08. The Morgan fingerprint density at radius 2 is 1.72 bits per heavy atom. The Morgan fingerprint density at radius 1 is 0.969 bits per heavy atom. The first-order valence-electron chi connectivity index (χ1n) is 8.97. The monoisotopic (exact) mass is 467 g/mol. The van der Waals surface area contributed by atoms with Gasteiger partial charge < -0.3 is 20.1 Å². The van der Waals surface area contributed by atoms with Crippen molar-refractivity contribution < 1.29 is 22.6 Å². The summed E-state index contributed by atoms with van der Waals surface area (Å²) in [6.07, 6.45) is -2.92. The van der Waals surface area contributed by atoms with Crippen LogP contribution in [0.1, 0.15) is 11.1 Å². The first-order chi connectivity index (χ1) is 14.9. The van der Waals surface area contributed by atoms with Gasteiger partial charge in [0.1, 0.15) is 0 Å². The van der Waals surface area contributed by atoms with E-state index in [-0.39, 0.29) is 42.7 Å². The van der Waals surface area contributed by atoms with E-state index in [0.717, 1.165) is 17.7 Å². The maximum Gasteiger partial charge on any atom is 0.416 e. The van der Waals surface area contributed by atoms with E-state index in [2.05, 4.69) is 36.1 Å². The Kier molecular flexibility index (Phi) is 6.83. The Hall–Kier alpha value is -3.80. The number of anilines is 4. The quantitative estimate of drug-likeness (QED) is 0.364. The van der Waals surface area contributed by atoms with Crippen LogP contribution in [0.5, 0.6) is 11.5 Å². The van der Waals surface area contributed by atoms with E-state index in [0.29, 0.717) is 11.5 Å². The summed E-state index contributed by atoms with van der Waals surface area (Å²) in [5, 5.41) is 9.58. The molecule has 1 aliphatic rings. The molecule has 0 saturated carbocycles. The van der Waals surface area contributed by atoms with Gasteiger partial charge in [0.2, 0.25) is 24.6 Å². The van der Waals surface area contributed by atoms with Crippen LogP contribution in [-0.2, 0) is 6.18 Å². The molecule has 2 aromatic carbocycles. The molecule has 0 radical (unpaired) electrons. The maximum absolute atomic E-state index is 12.9. The lowest BCUT2D eigenvalue weighted by Gasteiger charge is -2.11. The van der Waals surface area contributed by atoms with Gasteiger partial charge >= 0.3 is 6.18 Å². The molecule has 0 amide bonds. The number of nitrogens with zero attached hydrogens (tertiary/aromatic N) is 4. The lowest BCUT2D eigenvalue weighted by atomic mass is 10.2. The van der Waals surface area contributed by atoms with Crippen molar-refractivity contribution in [2.24, 2.45) is 5.10 Å². The molecule has 1 aliphatic heterocycles. The van der Waals surface area contributed by atoms with Crippen molar-refractivity contribution in [1.82, 2.24) is 15.0 Å². The number of aromatic nitrogens is 3.